The van der Waals surface area contributed by atoms with E-state index in [1.54, 1.807) is 0 Å². The van der Waals surface area contributed by atoms with Gasteiger partial charge in [0.15, 0.2) is 33.6 Å². The lowest BCUT2D eigenvalue weighted by molar-refractivity contribution is 0.902. The Balaban J connectivity index is 3.45. The van der Waals surface area contributed by atoms with Crippen molar-refractivity contribution in [3.05, 3.63) is 0 Å². The highest BCUT2D eigenvalue weighted by Crippen LogP contribution is 2.27. The molecule has 0 saturated carbocycles. The molecule has 0 aliphatic carbocycles. The Hall–Kier alpha value is 0.708. The molecule has 0 bridgehead atoms. The predicted molar refractivity (Wildman–Crippen MR) is 119 cm³/mol. The van der Waals surface area contributed by atoms with E-state index in [9.17, 15) is 0 Å². The summed E-state index contributed by atoms with van der Waals surface area (Å²) in [4.78, 5) is 0. The zero-order valence-corrected chi connectivity index (χ0v) is 21.7. The van der Waals surface area contributed by atoms with Crippen molar-refractivity contribution in [1.82, 2.24) is 18.6 Å². The second-order valence-corrected chi connectivity index (χ2v) is 26.0. The third kappa shape index (κ3) is 4.51. The highest BCUT2D eigenvalue weighted by atomic mass is 28.5. The molecule has 0 amide bonds. The van der Waals surface area contributed by atoms with Gasteiger partial charge in [-0.2, -0.15) is 0 Å². The molecule has 0 aromatic carbocycles. The second kappa shape index (κ2) is 9.07. The van der Waals surface area contributed by atoms with Gasteiger partial charge in [-0.1, -0.05) is 55.4 Å². The molecule has 8 heteroatoms. The van der Waals surface area contributed by atoms with Crippen molar-refractivity contribution in [2.24, 2.45) is 0 Å². The summed E-state index contributed by atoms with van der Waals surface area (Å²) in [5, 5.41) is 0. The van der Waals surface area contributed by atoms with Crippen LogP contribution in [0.5, 0.6) is 0 Å². The van der Waals surface area contributed by atoms with E-state index < -0.39 is 33.6 Å². The highest BCUT2D eigenvalue weighted by molar-refractivity contribution is 7.07. The summed E-state index contributed by atoms with van der Waals surface area (Å²) in [6.45, 7) is 19.3. The molecule has 1 aliphatic rings. The van der Waals surface area contributed by atoms with E-state index in [1.165, 1.54) is 48.4 Å². The molecule has 1 aliphatic heterocycles. The van der Waals surface area contributed by atoms with Crippen LogP contribution in [0.2, 0.25) is 48.4 Å². The van der Waals surface area contributed by atoms with Gasteiger partial charge in [0.25, 0.3) is 0 Å². The van der Waals surface area contributed by atoms with Crippen LogP contribution in [0, 0.1) is 0 Å². The van der Waals surface area contributed by atoms with Crippen molar-refractivity contribution < 1.29 is 0 Å². The van der Waals surface area contributed by atoms with Crippen LogP contribution in [-0.4, -0.2) is 33.6 Å². The molecule has 4 nitrogen and oxygen atoms in total. The summed E-state index contributed by atoms with van der Waals surface area (Å²) in [5.41, 5.74) is 0. The third-order valence-corrected chi connectivity index (χ3v) is 31.7. The van der Waals surface area contributed by atoms with E-state index in [0.717, 1.165) is 0 Å². The zero-order valence-electron chi connectivity index (χ0n) is 17.7. The first-order valence-corrected chi connectivity index (χ1v) is 20.1. The Morgan fingerprint density at radius 3 is 0.542 bits per heavy atom. The first-order chi connectivity index (χ1) is 11.3. The summed E-state index contributed by atoms with van der Waals surface area (Å²) < 4.78 is 17.7. The molecule has 0 aromatic rings. The van der Waals surface area contributed by atoms with Crippen molar-refractivity contribution in [2.45, 2.75) is 104 Å². The van der Waals surface area contributed by atoms with Gasteiger partial charge in [0.1, 0.15) is 0 Å². The van der Waals surface area contributed by atoms with Gasteiger partial charge in [-0.25, -0.2) is 0 Å². The Bertz CT molecular complexity index is 290. The van der Waals surface area contributed by atoms with Crippen molar-refractivity contribution >= 4 is 33.6 Å². The molecule has 0 spiro atoms. The summed E-state index contributed by atoms with van der Waals surface area (Å²) in [5.74, 6) is 0. The Labute approximate surface area is 156 Å². The van der Waals surface area contributed by atoms with E-state index in [4.69, 9.17) is 0 Å². The first-order valence-electron chi connectivity index (χ1n) is 10.5. The molecule has 24 heavy (non-hydrogen) atoms. The highest BCUT2D eigenvalue weighted by Gasteiger charge is 2.53. The van der Waals surface area contributed by atoms with E-state index in [1.807, 2.05) is 0 Å². The molecular formula is C16H44N4Si4. The Morgan fingerprint density at radius 2 is 0.458 bits per heavy atom. The summed E-state index contributed by atoms with van der Waals surface area (Å²) in [6.07, 6.45) is 0. The maximum absolute atomic E-state index is 4.41. The molecule has 0 atom stereocenters. The monoisotopic (exact) mass is 404 g/mol. The van der Waals surface area contributed by atoms with Gasteiger partial charge < -0.3 is 18.6 Å². The summed E-state index contributed by atoms with van der Waals surface area (Å²) in [6, 6.07) is 10.4. The van der Waals surface area contributed by atoms with Crippen LogP contribution in [0.15, 0.2) is 0 Å². The molecule has 4 N–H and O–H groups in total. The number of nitrogens with one attached hydrogen (secondary N) is 4. The molecule has 144 valence electrons. The van der Waals surface area contributed by atoms with Gasteiger partial charge in [-0.15, -0.1) is 0 Å². The molecular weight excluding hydrogens is 361 g/mol. The molecule has 1 rings (SSSR count). The largest absolute Gasteiger partial charge is 0.336 e. The third-order valence-electron chi connectivity index (χ3n) is 6.74. The van der Waals surface area contributed by atoms with Gasteiger partial charge in [0, 0.05) is 0 Å². The fourth-order valence-corrected chi connectivity index (χ4v) is 35.6. The van der Waals surface area contributed by atoms with Gasteiger partial charge in [-0.05, 0) is 48.4 Å². The minimum atomic E-state index is -1.64. The lowest BCUT2D eigenvalue weighted by Gasteiger charge is -2.55. The lowest BCUT2D eigenvalue weighted by Crippen LogP contribution is -2.91. The van der Waals surface area contributed by atoms with Gasteiger partial charge in [-0.3, -0.25) is 0 Å². The topological polar surface area (TPSA) is 48.1 Å². The van der Waals surface area contributed by atoms with E-state index in [0.29, 0.717) is 0 Å². The van der Waals surface area contributed by atoms with Crippen LogP contribution in [0.25, 0.3) is 0 Å². The minimum Gasteiger partial charge on any atom is -0.336 e. The van der Waals surface area contributed by atoms with Crippen LogP contribution in [0.1, 0.15) is 55.4 Å². The fourth-order valence-electron chi connectivity index (χ4n) is 4.37. The lowest BCUT2D eigenvalue weighted by atomic mass is 10.9. The van der Waals surface area contributed by atoms with Gasteiger partial charge in [0.2, 0.25) is 0 Å². The minimum absolute atomic E-state index is 1.29. The van der Waals surface area contributed by atoms with Crippen molar-refractivity contribution in [2.75, 3.05) is 0 Å². The number of hydrogen-bond acceptors (Lipinski definition) is 4. The van der Waals surface area contributed by atoms with Gasteiger partial charge in [0.05, 0.1) is 0 Å². The average molecular weight is 405 g/mol. The fraction of sp³-hybridized carbons (Fsp3) is 1.00. The molecule has 0 unspecified atom stereocenters. The average Bonchev–Trinajstić information content (AvgIpc) is 2.63. The van der Waals surface area contributed by atoms with Gasteiger partial charge >= 0.3 is 0 Å². The maximum atomic E-state index is 4.41. The SMILES string of the molecule is CC[Si]1(CC)N[Si](CC)(CC)N[Si](CC)(CC)N[Si](CC)(CC)N1. The van der Waals surface area contributed by atoms with Crippen LogP contribution >= 0.6 is 0 Å². The molecule has 0 aromatic heterocycles. The van der Waals surface area contributed by atoms with Crippen LogP contribution < -0.4 is 18.6 Å². The molecule has 1 saturated heterocycles. The van der Waals surface area contributed by atoms with E-state index in [-0.39, 0.29) is 0 Å². The van der Waals surface area contributed by atoms with Crippen LogP contribution in [0.4, 0.5) is 0 Å². The zero-order chi connectivity index (χ0) is 18.5. The van der Waals surface area contributed by atoms with E-state index in [2.05, 4.69) is 74.0 Å². The van der Waals surface area contributed by atoms with Crippen molar-refractivity contribution in [1.29, 1.82) is 0 Å². The van der Waals surface area contributed by atoms with Crippen LogP contribution in [0.3, 0.4) is 0 Å². The smallest absolute Gasteiger partial charge is 0.189 e. The maximum Gasteiger partial charge on any atom is 0.189 e. The quantitative estimate of drug-likeness (QED) is 0.456. The first kappa shape index (κ1) is 22.7. The summed E-state index contributed by atoms with van der Waals surface area (Å²) >= 11 is 0. The normalized spacial score (nSPS) is 25.0. The second-order valence-electron chi connectivity index (χ2n) is 7.66. The van der Waals surface area contributed by atoms with Crippen molar-refractivity contribution in [3.63, 3.8) is 0 Å². The number of hydrogen-bond donors (Lipinski definition) is 4. The molecule has 1 heterocycles. The van der Waals surface area contributed by atoms with Crippen LogP contribution in [-0.2, 0) is 0 Å². The van der Waals surface area contributed by atoms with E-state index >= 15 is 0 Å². The van der Waals surface area contributed by atoms with Crippen molar-refractivity contribution in [3.8, 4) is 0 Å². The molecule has 1 fully saturated rings. The summed E-state index contributed by atoms with van der Waals surface area (Å²) in [7, 11) is -6.54. The molecule has 0 radical (unpaired) electrons. The Morgan fingerprint density at radius 1 is 0.333 bits per heavy atom. The Kier molecular flexibility index (Phi) is 8.60. The predicted octanol–water partition coefficient (Wildman–Crippen LogP) is 4.29. The standard InChI is InChI=1S/C16H44N4Si4/c1-9-21(10-2)17-22(11-3,12-4)19-24(15-7,16-8)20-23(13-5,14-6)18-21/h17-20H,9-16H2,1-8H3. The number of rotatable bonds is 8.